The highest BCUT2D eigenvalue weighted by atomic mass is 19.2. The summed E-state index contributed by atoms with van der Waals surface area (Å²) >= 11 is 0. The van der Waals surface area contributed by atoms with Crippen molar-refractivity contribution in [2.24, 2.45) is 11.3 Å². The lowest BCUT2D eigenvalue weighted by Crippen LogP contribution is -2.31. The van der Waals surface area contributed by atoms with E-state index in [4.69, 9.17) is 14.2 Å². The lowest BCUT2D eigenvalue weighted by atomic mass is 9.65. The Labute approximate surface area is 442 Å². The van der Waals surface area contributed by atoms with E-state index in [0.29, 0.717) is 42.9 Å². The van der Waals surface area contributed by atoms with Crippen LogP contribution in [0.1, 0.15) is 107 Å². The van der Waals surface area contributed by atoms with Crippen molar-refractivity contribution in [3.8, 4) is 5.75 Å². The van der Waals surface area contributed by atoms with Gasteiger partial charge in [0, 0.05) is 47.1 Å². The van der Waals surface area contributed by atoms with Crippen molar-refractivity contribution in [2.45, 2.75) is 97.9 Å². The number of fused-ring (bicyclic) bond motifs is 5. The average Bonchev–Trinajstić information content (AvgIpc) is 3.83. The third-order valence-electron chi connectivity index (χ3n) is 16.8. The number of hydrogen-bond donors (Lipinski definition) is 0. The molecule has 12 rings (SSSR count). The van der Waals surface area contributed by atoms with Crippen LogP contribution in [0.5, 0.6) is 5.75 Å². The molecule has 5 aliphatic rings. The predicted molar refractivity (Wildman–Crippen MR) is 300 cm³/mol. The van der Waals surface area contributed by atoms with Crippen LogP contribution in [0.4, 0.5) is 8.63 Å². The predicted octanol–water partition coefficient (Wildman–Crippen LogP) is 14.4. The van der Waals surface area contributed by atoms with Crippen LogP contribution >= 0.6 is 0 Å². The third kappa shape index (κ3) is 8.20. The van der Waals surface area contributed by atoms with Crippen LogP contribution in [0.15, 0.2) is 144 Å². The first kappa shape index (κ1) is 49.4. The first-order valence-corrected chi connectivity index (χ1v) is 27.1. The fraction of sp³-hybridized carbons (Fsp3) is 0.308. The van der Waals surface area contributed by atoms with Crippen molar-refractivity contribution < 1.29 is 37.2 Å². The van der Waals surface area contributed by atoms with Crippen LogP contribution < -0.4 is 4.74 Å². The number of aromatic nitrogens is 1. The SMILES string of the molecule is CCOC(=O)/C=C/c1c2c(c(/C(=C3/C4=C(CCC4)C4(/C=C/C(=O)OCC)CN34)C3C(C)=CC(c4ccc(OC(=O)CCCc5ccc6c7cccc8cccc(c9cccc5c96)c87)cc4)=CC3(C)C)n1[B-](F)F)CCC2. The maximum Gasteiger partial charge on any atom is 0.341 e. The number of carbonyl (C=O) groups excluding carboxylic acids is 3. The normalized spacial score (nSPS) is 20.4. The maximum atomic E-state index is 16.1. The number of allylic oxidation sites excluding steroid dienone is 6. The van der Waals surface area contributed by atoms with E-state index in [1.807, 2.05) is 30.3 Å². The Balaban J connectivity index is 0.828. The Kier molecular flexibility index (Phi) is 12.5. The molecule has 3 aliphatic carbocycles. The van der Waals surface area contributed by atoms with Gasteiger partial charge < -0.3 is 32.2 Å². The first-order valence-electron chi connectivity index (χ1n) is 27.1. The van der Waals surface area contributed by atoms with Gasteiger partial charge in [-0.05, 0) is 184 Å². The van der Waals surface area contributed by atoms with E-state index in [0.717, 1.165) is 71.2 Å². The van der Waals surface area contributed by atoms with E-state index in [1.54, 1.807) is 13.8 Å². The van der Waals surface area contributed by atoms with Gasteiger partial charge in [0.25, 0.3) is 0 Å². The second-order valence-corrected chi connectivity index (χ2v) is 21.8. The molecule has 0 N–H and O–H groups in total. The number of nitrogens with zero attached hydrogens (tertiary/aromatic N) is 2. The van der Waals surface area contributed by atoms with Gasteiger partial charge in [0.05, 0.1) is 25.3 Å². The smallest absolute Gasteiger partial charge is 0.341 e. The summed E-state index contributed by atoms with van der Waals surface area (Å²) in [6, 6.07) is 31.7. The minimum Gasteiger partial charge on any atom is -0.484 e. The molecule has 0 spiro atoms. The number of ether oxygens (including phenoxy) is 3. The molecule has 385 valence electrons. The number of benzene rings is 6. The molecular formula is C65H61BF2N2O6-. The van der Waals surface area contributed by atoms with Crippen molar-refractivity contribution in [1.29, 1.82) is 0 Å². The van der Waals surface area contributed by atoms with E-state index in [2.05, 4.69) is 105 Å². The molecule has 2 unspecified atom stereocenters. The largest absolute Gasteiger partial charge is 0.484 e. The van der Waals surface area contributed by atoms with Crippen molar-refractivity contribution >= 4 is 85.6 Å². The van der Waals surface area contributed by atoms with Crippen LogP contribution in [-0.4, -0.2) is 60.0 Å². The van der Waals surface area contributed by atoms with Gasteiger partial charge in [-0.2, -0.15) is 0 Å². The molecule has 1 fully saturated rings. The number of hydrogen-bond acceptors (Lipinski definition) is 7. The van der Waals surface area contributed by atoms with E-state index in [1.165, 1.54) is 82.5 Å². The summed E-state index contributed by atoms with van der Waals surface area (Å²) in [4.78, 5) is 41.1. The van der Waals surface area contributed by atoms with Crippen molar-refractivity contribution in [3.05, 3.63) is 177 Å². The molecule has 0 amide bonds. The molecule has 11 heteroatoms. The molecule has 1 radical (unpaired) electrons. The fourth-order valence-electron chi connectivity index (χ4n) is 13.9. The molecule has 0 bridgehead atoms. The van der Waals surface area contributed by atoms with Gasteiger partial charge in [-0.3, -0.25) is 4.79 Å². The molecule has 3 heterocycles. The molecule has 0 saturated carbocycles. The second-order valence-electron chi connectivity index (χ2n) is 21.8. The van der Waals surface area contributed by atoms with Gasteiger partial charge in [0.2, 0.25) is 0 Å². The highest BCUT2D eigenvalue weighted by Crippen LogP contribution is 2.63. The zero-order chi connectivity index (χ0) is 52.6. The van der Waals surface area contributed by atoms with E-state index in [-0.39, 0.29) is 31.5 Å². The highest BCUT2D eigenvalue weighted by Gasteiger charge is 2.62. The van der Waals surface area contributed by atoms with Gasteiger partial charge in [-0.25, -0.2) is 9.59 Å². The van der Waals surface area contributed by atoms with E-state index < -0.39 is 30.3 Å². The number of esters is 3. The molecule has 1 saturated heterocycles. The monoisotopic (exact) mass is 1010 g/mol. The van der Waals surface area contributed by atoms with Crippen LogP contribution in [0, 0.1) is 11.3 Å². The van der Waals surface area contributed by atoms with Crippen molar-refractivity contribution in [1.82, 2.24) is 9.38 Å². The van der Waals surface area contributed by atoms with Gasteiger partial charge in [0.1, 0.15) is 5.75 Å². The number of rotatable bonds is 15. The zero-order valence-corrected chi connectivity index (χ0v) is 43.9. The second kappa shape index (κ2) is 19.2. The zero-order valence-electron chi connectivity index (χ0n) is 43.9. The standard InChI is InChI=1S/C65H61BF2N2O6/c1-6-74-55(71)33-32-54-46-18-12-22-51(46)63(70(54)66(67)68)60(62-52-23-13-24-53(52)65(38-69(62)65)35-34-56(72)75-7-2)61-39(3)36-43(37-64(61,4)5)40-26-29-44(30-27-40)76-57(73)25-10-14-41-28-31-50-48-20-9-16-42-15-8-19-47(58(42)48)49-21-11-17-45(41)59(49)50/h8-9,11,15-17,19-21,26-37,61H,6-7,10,12-14,18,22-25,38H2,1-5H3/q-1/b33-32+,35-34+,62-60-. The number of aryl methyl sites for hydroxylation is 1. The summed E-state index contributed by atoms with van der Waals surface area (Å²) in [7, 11) is -2.89. The molecule has 2 atom stereocenters. The Hall–Kier alpha value is -7.53. The van der Waals surface area contributed by atoms with Gasteiger partial charge in [-0.15, -0.1) is 0 Å². The summed E-state index contributed by atoms with van der Waals surface area (Å²) in [5.41, 5.74) is 9.94. The quantitative estimate of drug-likeness (QED) is 0.0192. The summed E-state index contributed by atoms with van der Waals surface area (Å²) in [6.45, 7) is 11.1. The molecule has 8 nitrogen and oxygen atoms in total. The molecule has 1 aromatic heterocycles. The molecule has 76 heavy (non-hydrogen) atoms. The topological polar surface area (TPSA) is 86.8 Å². The van der Waals surface area contributed by atoms with E-state index in [9.17, 15) is 14.4 Å². The van der Waals surface area contributed by atoms with Crippen LogP contribution in [0.25, 0.3) is 60.3 Å². The van der Waals surface area contributed by atoms with Crippen LogP contribution in [-0.2, 0) is 43.1 Å². The number of halogens is 2. The Morgan fingerprint density at radius 3 is 2.13 bits per heavy atom. The Bertz CT molecular complexity index is 3710. The Morgan fingerprint density at radius 2 is 1.42 bits per heavy atom. The number of carbonyl (C=O) groups is 3. The lowest BCUT2D eigenvalue weighted by Gasteiger charge is -2.41. The van der Waals surface area contributed by atoms with Crippen molar-refractivity contribution in [3.63, 3.8) is 0 Å². The molecule has 7 aromatic rings. The molecular weight excluding hydrogens is 954 g/mol. The van der Waals surface area contributed by atoms with Crippen LogP contribution in [0.3, 0.4) is 0 Å². The summed E-state index contributed by atoms with van der Waals surface area (Å²) in [5, 5.41) is 10.0. The average molecular weight is 1020 g/mol. The van der Waals surface area contributed by atoms with Crippen LogP contribution in [0.2, 0.25) is 0 Å². The maximum absolute atomic E-state index is 16.1. The summed E-state index contributed by atoms with van der Waals surface area (Å²) in [5.74, 6) is -1.12. The lowest BCUT2D eigenvalue weighted by molar-refractivity contribution is -0.138. The first-order chi connectivity index (χ1) is 36.8. The fourth-order valence-corrected chi connectivity index (χ4v) is 13.9. The van der Waals surface area contributed by atoms with Gasteiger partial charge in [-0.1, -0.05) is 110 Å². The molecule has 6 aromatic carbocycles. The minimum absolute atomic E-state index is 0.179. The highest BCUT2D eigenvalue weighted by molar-refractivity contribution is 6.42. The third-order valence-corrected chi connectivity index (χ3v) is 16.8. The Morgan fingerprint density at radius 1 is 0.763 bits per heavy atom. The van der Waals surface area contributed by atoms with Gasteiger partial charge in [0.15, 0.2) is 0 Å². The summed E-state index contributed by atoms with van der Waals surface area (Å²) < 4.78 is 49.8. The summed E-state index contributed by atoms with van der Waals surface area (Å²) in [6.07, 6.45) is 17.0. The van der Waals surface area contributed by atoms with Crippen molar-refractivity contribution in [2.75, 3.05) is 19.8 Å². The minimum atomic E-state index is -2.89. The van der Waals surface area contributed by atoms with E-state index >= 15 is 8.63 Å². The van der Waals surface area contributed by atoms with Gasteiger partial charge >= 0.3 is 25.3 Å². The molecule has 2 aliphatic heterocycles.